The molecular formula is C23H26N4O4. The highest BCUT2D eigenvalue weighted by Gasteiger charge is 2.31. The number of nitrogens with zero attached hydrogens (tertiary/aromatic N) is 3. The van der Waals surface area contributed by atoms with Gasteiger partial charge in [0.05, 0.1) is 17.8 Å². The smallest absolute Gasteiger partial charge is 0.258 e. The molecule has 1 amide bonds. The molecule has 0 fully saturated rings. The highest BCUT2D eigenvalue weighted by Crippen LogP contribution is 2.40. The summed E-state index contributed by atoms with van der Waals surface area (Å²) in [5.74, 6) is 1.18. The number of hydrogen-bond donors (Lipinski definition) is 2. The minimum atomic E-state index is -0.500. The van der Waals surface area contributed by atoms with Crippen molar-refractivity contribution in [3.8, 4) is 28.6 Å². The Morgan fingerprint density at radius 2 is 2.16 bits per heavy atom. The SMILES string of the molecule is CC(C)Oc1ccc(-c2nc(-c3cccc4c3CC[C@@H]4N(C)C(=O)CO)no2)cc1N. The largest absolute Gasteiger partial charge is 0.489 e. The number of carbonyl (C=O) groups excluding carboxylic acids is 1. The number of aromatic nitrogens is 2. The van der Waals surface area contributed by atoms with Crippen molar-refractivity contribution in [1.82, 2.24) is 15.0 Å². The third-order valence-electron chi connectivity index (χ3n) is 5.52. The topological polar surface area (TPSA) is 115 Å². The molecule has 162 valence electrons. The van der Waals surface area contributed by atoms with Gasteiger partial charge in [0.15, 0.2) is 0 Å². The summed E-state index contributed by atoms with van der Waals surface area (Å²) < 4.78 is 11.2. The highest BCUT2D eigenvalue weighted by atomic mass is 16.5. The summed E-state index contributed by atoms with van der Waals surface area (Å²) in [6, 6.07) is 11.2. The van der Waals surface area contributed by atoms with E-state index in [0.717, 1.165) is 29.5 Å². The first-order valence-corrected chi connectivity index (χ1v) is 10.3. The number of rotatable bonds is 6. The minimum absolute atomic E-state index is 0.0267. The summed E-state index contributed by atoms with van der Waals surface area (Å²) >= 11 is 0. The fraction of sp³-hybridized carbons (Fsp3) is 0.348. The molecule has 8 heteroatoms. The molecule has 31 heavy (non-hydrogen) atoms. The van der Waals surface area contributed by atoms with E-state index < -0.39 is 6.61 Å². The Hall–Kier alpha value is -3.39. The zero-order valence-corrected chi connectivity index (χ0v) is 17.8. The Balaban J connectivity index is 1.63. The van der Waals surface area contributed by atoms with Crippen molar-refractivity contribution in [3.63, 3.8) is 0 Å². The minimum Gasteiger partial charge on any atom is -0.489 e. The monoisotopic (exact) mass is 422 g/mol. The van der Waals surface area contributed by atoms with Crippen molar-refractivity contribution in [3.05, 3.63) is 47.5 Å². The average molecular weight is 422 g/mol. The lowest BCUT2D eigenvalue weighted by atomic mass is 10.0. The molecule has 0 spiro atoms. The van der Waals surface area contributed by atoms with Crippen LogP contribution in [0.1, 0.15) is 37.4 Å². The normalized spacial score (nSPS) is 15.2. The second kappa shape index (κ2) is 8.39. The molecule has 2 aromatic carbocycles. The van der Waals surface area contributed by atoms with Crippen molar-refractivity contribution in [2.24, 2.45) is 0 Å². The van der Waals surface area contributed by atoms with Gasteiger partial charge in [0, 0.05) is 18.2 Å². The second-order valence-electron chi connectivity index (χ2n) is 7.93. The number of anilines is 1. The number of likely N-dealkylation sites (N-methyl/N-ethyl adjacent to an activating group) is 1. The van der Waals surface area contributed by atoms with E-state index in [0.29, 0.717) is 28.7 Å². The van der Waals surface area contributed by atoms with Gasteiger partial charge >= 0.3 is 0 Å². The number of hydrogen-bond acceptors (Lipinski definition) is 7. The van der Waals surface area contributed by atoms with Crippen LogP contribution >= 0.6 is 0 Å². The van der Waals surface area contributed by atoms with Gasteiger partial charge in [0.2, 0.25) is 11.7 Å². The van der Waals surface area contributed by atoms with Crippen LogP contribution in [-0.4, -0.2) is 45.8 Å². The van der Waals surface area contributed by atoms with Gasteiger partial charge in [-0.2, -0.15) is 4.98 Å². The molecule has 3 N–H and O–H groups in total. The molecule has 8 nitrogen and oxygen atoms in total. The van der Waals surface area contributed by atoms with Crippen LogP contribution in [0.3, 0.4) is 0 Å². The van der Waals surface area contributed by atoms with E-state index in [2.05, 4.69) is 10.1 Å². The number of ether oxygens (including phenoxy) is 1. The van der Waals surface area contributed by atoms with Gasteiger partial charge in [0.1, 0.15) is 12.4 Å². The van der Waals surface area contributed by atoms with Crippen LogP contribution < -0.4 is 10.5 Å². The maximum absolute atomic E-state index is 12.0. The van der Waals surface area contributed by atoms with Crippen LogP contribution in [0.2, 0.25) is 0 Å². The lowest BCUT2D eigenvalue weighted by Crippen LogP contribution is -2.32. The molecule has 1 atom stereocenters. The summed E-state index contributed by atoms with van der Waals surface area (Å²) in [5.41, 5.74) is 10.4. The quantitative estimate of drug-likeness (QED) is 0.586. The second-order valence-corrected chi connectivity index (χ2v) is 7.93. The first kappa shape index (κ1) is 20.9. The molecule has 0 saturated carbocycles. The van der Waals surface area contributed by atoms with Crippen LogP contribution in [0.15, 0.2) is 40.9 Å². The zero-order valence-electron chi connectivity index (χ0n) is 17.8. The zero-order chi connectivity index (χ0) is 22.1. The summed E-state index contributed by atoms with van der Waals surface area (Å²) in [5, 5.41) is 13.4. The molecule has 3 aromatic rings. The van der Waals surface area contributed by atoms with Gasteiger partial charge < -0.3 is 25.0 Å². The molecule has 1 aliphatic rings. The Labute approximate surface area is 180 Å². The molecule has 1 heterocycles. The third-order valence-corrected chi connectivity index (χ3v) is 5.52. The standard InChI is InChI=1S/C23H26N4O4/c1-13(2)30-20-10-7-14(11-18(20)24)23-25-22(26-31-23)17-6-4-5-16-15(17)8-9-19(16)27(3)21(29)12-28/h4-7,10-11,13,19,28H,8-9,12,24H2,1-3H3/t19-/m0/s1. The fourth-order valence-electron chi connectivity index (χ4n) is 4.02. The van der Waals surface area contributed by atoms with E-state index in [9.17, 15) is 9.90 Å². The lowest BCUT2D eigenvalue weighted by Gasteiger charge is -2.24. The predicted molar refractivity (Wildman–Crippen MR) is 116 cm³/mol. The molecular weight excluding hydrogens is 396 g/mol. The number of aliphatic hydroxyl groups is 1. The number of fused-ring (bicyclic) bond motifs is 1. The maximum Gasteiger partial charge on any atom is 0.258 e. The van der Waals surface area contributed by atoms with Gasteiger partial charge in [-0.15, -0.1) is 0 Å². The number of nitrogen functional groups attached to an aromatic ring is 1. The van der Waals surface area contributed by atoms with Gasteiger partial charge in [0.25, 0.3) is 5.89 Å². The van der Waals surface area contributed by atoms with Crippen LogP contribution in [0, 0.1) is 0 Å². The molecule has 4 rings (SSSR count). The van der Waals surface area contributed by atoms with Crippen LogP contribution in [0.25, 0.3) is 22.8 Å². The third kappa shape index (κ3) is 3.98. The van der Waals surface area contributed by atoms with E-state index in [1.165, 1.54) is 0 Å². The number of carbonyl (C=O) groups is 1. The molecule has 0 bridgehead atoms. The van der Waals surface area contributed by atoms with E-state index in [4.69, 9.17) is 15.0 Å². The highest BCUT2D eigenvalue weighted by molar-refractivity contribution is 5.78. The Morgan fingerprint density at radius 3 is 2.87 bits per heavy atom. The molecule has 0 radical (unpaired) electrons. The van der Waals surface area contributed by atoms with Crippen molar-refractivity contribution in [1.29, 1.82) is 0 Å². The number of amides is 1. The van der Waals surface area contributed by atoms with Gasteiger partial charge in [-0.1, -0.05) is 23.4 Å². The molecule has 0 saturated heterocycles. The number of benzene rings is 2. The van der Waals surface area contributed by atoms with E-state index in [-0.39, 0.29) is 18.1 Å². The first-order chi connectivity index (χ1) is 14.9. The van der Waals surface area contributed by atoms with E-state index in [1.54, 1.807) is 24.1 Å². The summed E-state index contributed by atoms with van der Waals surface area (Å²) in [7, 11) is 1.72. The Bertz CT molecular complexity index is 1110. The van der Waals surface area contributed by atoms with Crippen molar-refractivity contribution in [2.75, 3.05) is 19.4 Å². The molecule has 1 aromatic heterocycles. The van der Waals surface area contributed by atoms with Crippen molar-refractivity contribution in [2.45, 2.75) is 38.8 Å². The predicted octanol–water partition coefficient (Wildman–Crippen LogP) is 3.21. The molecule has 1 aliphatic carbocycles. The van der Waals surface area contributed by atoms with Gasteiger partial charge in [-0.25, -0.2) is 0 Å². The van der Waals surface area contributed by atoms with Crippen molar-refractivity contribution >= 4 is 11.6 Å². The van der Waals surface area contributed by atoms with Crippen molar-refractivity contribution < 1.29 is 19.2 Å². The fourth-order valence-corrected chi connectivity index (χ4v) is 4.02. The van der Waals surface area contributed by atoms with Crippen LogP contribution in [-0.2, 0) is 11.2 Å². The maximum atomic E-state index is 12.0. The van der Waals surface area contributed by atoms with Crippen LogP contribution in [0.5, 0.6) is 5.75 Å². The summed E-state index contributed by atoms with van der Waals surface area (Å²) in [6.07, 6.45) is 1.60. The Morgan fingerprint density at radius 1 is 1.35 bits per heavy atom. The van der Waals surface area contributed by atoms with Crippen LogP contribution in [0.4, 0.5) is 5.69 Å². The Kier molecular flexibility index (Phi) is 5.65. The average Bonchev–Trinajstić information content (AvgIpc) is 3.41. The van der Waals surface area contributed by atoms with E-state index in [1.807, 2.05) is 38.1 Å². The van der Waals surface area contributed by atoms with Gasteiger partial charge in [-0.3, -0.25) is 4.79 Å². The van der Waals surface area contributed by atoms with E-state index >= 15 is 0 Å². The molecule has 0 unspecified atom stereocenters. The first-order valence-electron chi connectivity index (χ1n) is 10.3. The number of nitrogens with two attached hydrogens (primary N) is 1. The lowest BCUT2D eigenvalue weighted by molar-refractivity contribution is -0.135. The molecule has 0 aliphatic heterocycles. The number of aliphatic hydroxyl groups excluding tert-OH is 1. The summed E-state index contributed by atoms with van der Waals surface area (Å²) in [4.78, 5) is 18.1. The summed E-state index contributed by atoms with van der Waals surface area (Å²) in [6.45, 7) is 3.39. The van der Waals surface area contributed by atoms with Gasteiger partial charge in [-0.05, 0) is 56.0 Å².